The molecule has 2 heterocycles. The third-order valence-electron chi connectivity index (χ3n) is 7.68. The number of likely N-dealkylation sites (N-methyl/N-ethyl adjacent to an activating group) is 1. The van der Waals surface area contributed by atoms with Crippen molar-refractivity contribution in [2.45, 2.75) is 55.2 Å². The van der Waals surface area contributed by atoms with Crippen molar-refractivity contribution in [2.75, 3.05) is 19.0 Å². The van der Waals surface area contributed by atoms with Crippen molar-refractivity contribution in [2.24, 2.45) is 0 Å². The SMILES string of the molecule is CC(C=CC=C1N(C)c2ccc(S(=O)(=O)[O-])cc2C1(C)C)=CC=CC1=[N+](C)c2ccc(SOO[O-])cc2C1(C)C. The second kappa shape index (κ2) is 11.1. The molecule has 0 bridgehead atoms. The highest BCUT2D eigenvalue weighted by Gasteiger charge is 2.43. The van der Waals surface area contributed by atoms with E-state index in [0.717, 1.165) is 56.4 Å². The first-order valence-corrected chi connectivity index (χ1v) is 14.8. The van der Waals surface area contributed by atoms with E-state index in [9.17, 15) is 18.2 Å². The zero-order chi connectivity index (χ0) is 29.5. The lowest BCUT2D eigenvalue weighted by Gasteiger charge is -2.23. The van der Waals surface area contributed by atoms with E-state index in [1.54, 1.807) is 6.07 Å². The Morgan fingerprint density at radius 2 is 1.77 bits per heavy atom. The average Bonchev–Trinajstić information content (AvgIpc) is 3.20. The van der Waals surface area contributed by atoms with Crippen molar-refractivity contribution in [1.29, 1.82) is 0 Å². The van der Waals surface area contributed by atoms with Gasteiger partial charge in [0.15, 0.2) is 5.71 Å². The molecule has 0 radical (unpaired) electrons. The van der Waals surface area contributed by atoms with Crippen LogP contribution >= 0.6 is 12.0 Å². The number of allylic oxidation sites excluding steroid dienone is 8. The number of benzene rings is 2. The van der Waals surface area contributed by atoms with E-state index in [-0.39, 0.29) is 10.3 Å². The molecule has 0 unspecified atom stereocenters. The molecule has 0 amide bonds. The number of rotatable bonds is 8. The Balaban J connectivity index is 1.51. The molecule has 2 aromatic rings. The number of hydrogen-bond donors (Lipinski definition) is 0. The van der Waals surface area contributed by atoms with Crippen LogP contribution < -0.4 is 10.2 Å². The van der Waals surface area contributed by atoms with Gasteiger partial charge in [0, 0.05) is 46.4 Å². The van der Waals surface area contributed by atoms with E-state index in [2.05, 4.69) is 33.9 Å². The Kier molecular flexibility index (Phi) is 8.33. The van der Waals surface area contributed by atoms with Gasteiger partial charge < -0.3 is 14.7 Å². The molecule has 8 nitrogen and oxygen atoms in total. The molecule has 0 saturated carbocycles. The minimum absolute atomic E-state index is 0.214. The lowest BCUT2D eigenvalue weighted by atomic mass is 9.81. The van der Waals surface area contributed by atoms with Gasteiger partial charge in [-0.15, -0.1) is 0 Å². The molecule has 2 aromatic carbocycles. The zero-order valence-corrected chi connectivity index (χ0v) is 25.2. The first kappa shape index (κ1) is 30.0. The molecule has 212 valence electrons. The fourth-order valence-electron chi connectivity index (χ4n) is 5.53. The second-order valence-corrected chi connectivity index (χ2v) is 13.1. The molecule has 0 atom stereocenters. The number of fused-ring (bicyclic) bond motifs is 2. The van der Waals surface area contributed by atoms with Gasteiger partial charge in [0.2, 0.25) is 5.69 Å². The van der Waals surface area contributed by atoms with Crippen LogP contribution in [0.5, 0.6) is 0 Å². The van der Waals surface area contributed by atoms with E-state index < -0.39 is 15.5 Å². The molecule has 40 heavy (non-hydrogen) atoms. The van der Waals surface area contributed by atoms with Crippen molar-refractivity contribution in [3.05, 3.63) is 95.3 Å². The Morgan fingerprint density at radius 3 is 2.45 bits per heavy atom. The van der Waals surface area contributed by atoms with Crippen LogP contribution in [-0.4, -0.2) is 37.4 Å². The molecule has 0 spiro atoms. The van der Waals surface area contributed by atoms with Crippen LogP contribution in [-0.2, 0) is 30.3 Å². The Morgan fingerprint density at radius 1 is 1.05 bits per heavy atom. The second-order valence-electron chi connectivity index (χ2n) is 11.0. The molecule has 2 aliphatic rings. The van der Waals surface area contributed by atoms with Crippen molar-refractivity contribution < 1.29 is 32.2 Å². The van der Waals surface area contributed by atoms with Crippen molar-refractivity contribution >= 4 is 39.2 Å². The molecule has 0 aromatic heterocycles. The van der Waals surface area contributed by atoms with Gasteiger partial charge in [-0.25, -0.2) is 8.42 Å². The quantitative estimate of drug-likeness (QED) is 0.105. The summed E-state index contributed by atoms with van der Waals surface area (Å²) in [7, 11) is -0.555. The lowest BCUT2D eigenvalue weighted by Crippen LogP contribution is -2.26. The van der Waals surface area contributed by atoms with Crippen LogP contribution in [0, 0.1) is 0 Å². The minimum Gasteiger partial charge on any atom is -0.744 e. The van der Waals surface area contributed by atoms with Gasteiger partial charge in [0.05, 0.1) is 22.4 Å². The summed E-state index contributed by atoms with van der Waals surface area (Å²) in [6, 6.07) is 10.4. The maximum Gasteiger partial charge on any atom is 0.209 e. The Labute approximate surface area is 240 Å². The third kappa shape index (κ3) is 5.60. The van der Waals surface area contributed by atoms with Crippen LogP contribution in [0.1, 0.15) is 45.7 Å². The van der Waals surface area contributed by atoms with Crippen molar-refractivity contribution in [3.8, 4) is 0 Å². The smallest absolute Gasteiger partial charge is 0.209 e. The van der Waals surface area contributed by atoms with E-state index in [1.165, 1.54) is 12.1 Å². The first-order valence-electron chi connectivity index (χ1n) is 12.7. The summed E-state index contributed by atoms with van der Waals surface area (Å²) in [5, 5.41) is 13.7. The summed E-state index contributed by atoms with van der Waals surface area (Å²) in [5.74, 6) is 0. The molecule has 10 heteroatoms. The van der Waals surface area contributed by atoms with Gasteiger partial charge in [-0.3, -0.25) is 5.04 Å². The monoisotopic (exact) mass is 581 g/mol. The van der Waals surface area contributed by atoms with Gasteiger partial charge >= 0.3 is 0 Å². The van der Waals surface area contributed by atoms with Gasteiger partial charge in [0.25, 0.3) is 0 Å². The lowest BCUT2D eigenvalue weighted by molar-refractivity contribution is -0.777. The Bertz CT molecular complexity index is 1600. The predicted octanol–water partition coefficient (Wildman–Crippen LogP) is 5.20. The maximum absolute atomic E-state index is 11.6. The highest BCUT2D eigenvalue weighted by Crippen LogP contribution is 2.47. The zero-order valence-electron chi connectivity index (χ0n) is 23.6. The molecular weight excluding hydrogens is 548 g/mol. The molecule has 0 N–H and O–H groups in total. The fourth-order valence-corrected chi connectivity index (χ4v) is 6.42. The summed E-state index contributed by atoms with van der Waals surface area (Å²) in [5.41, 5.74) is 6.36. The summed E-state index contributed by atoms with van der Waals surface area (Å²) in [6.07, 6.45) is 12.2. The van der Waals surface area contributed by atoms with Gasteiger partial charge in [-0.2, -0.15) is 8.91 Å². The molecule has 0 saturated heterocycles. The highest BCUT2D eigenvalue weighted by atomic mass is 32.2. The van der Waals surface area contributed by atoms with Crippen LogP contribution in [0.15, 0.2) is 93.9 Å². The van der Waals surface area contributed by atoms with Crippen LogP contribution in [0.4, 0.5) is 11.4 Å². The summed E-state index contributed by atoms with van der Waals surface area (Å²) >= 11 is 0.884. The highest BCUT2D eigenvalue weighted by molar-refractivity contribution is 7.94. The van der Waals surface area contributed by atoms with Crippen LogP contribution in [0.2, 0.25) is 0 Å². The van der Waals surface area contributed by atoms with Crippen molar-refractivity contribution in [1.82, 2.24) is 0 Å². The van der Waals surface area contributed by atoms with Gasteiger partial charge in [-0.05, 0) is 62.7 Å². The minimum atomic E-state index is -4.53. The van der Waals surface area contributed by atoms with Crippen LogP contribution in [0.3, 0.4) is 0 Å². The molecule has 4 rings (SSSR count). The molecule has 0 aliphatic carbocycles. The van der Waals surface area contributed by atoms with Crippen molar-refractivity contribution in [3.63, 3.8) is 0 Å². The summed E-state index contributed by atoms with van der Waals surface area (Å²) < 4.78 is 41.3. The van der Waals surface area contributed by atoms with E-state index >= 15 is 0 Å². The van der Waals surface area contributed by atoms with E-state index in [0.29, 0.717) is 0 Å². The Hall–Kier alpha value is -2.99. The van der Waals surface area contributed by atoms with Gasteiger partial charge in [0.1, 0.15) is 17.2 Å². The first-order chi connectivity index (χ1) is 18.7. The van der Waals surface area contributed by atoms with E-state index in [4.69, 9.17) is 0 Å². The third-order valence-corrected chi connectivity index (χ3v) is 9.08. The van der Waals surface area contributed by atoms with E-state index in [1.807, 2.05) is 88.3 Å². The average molecular weight is 582 g/mol. The fraction of sp³-hybridized carbons (Fsp3) is 0.300. The van der Waals surface area contributed by atoms with Crippen LogP contribution in [0.25, 0.3) is 0 Å². The van der Waals surface area contributed by atoms with Gasteiger partial charge in [-0.1, -0.05) is 43.7 Å². The molecule has 0 fully saturated rings. The summed E-state index contributed by atoms with van der Waals surface area (Å²) in [4.78, 5) is 2.59. The molecular formula is C30H33N2O6S2-. The summed E-state index contributed by atoms with van der Waals surface area (Å²) in [6.45, 7) is 10.4. The predicted molar refractivity (Wildman–Crippen MR) is 154 cm³/mol. The number of anilines is 1. The maximum atomic E-state index is 11.6. The topological polar surface area (TPSA) is 105 Å². The number of nitrogens with zero attached hydrogens (tertiary/aromatic N) is 2. The normalized spacial score (nSPS) is 19.4. The largest absolute Gasteiger partial charge is 0.744 e. The standard InChI is InChI=1S/C30H34N2O6S2/c1-20(10-8-12-27-29(2,3)23-18-21(39-38-37-33)14-16-25(23)31(27)6)11-9-13-28-30(4,5)24-19-22(40(34,35)36)15-17-26(24)32(28)7/h8-19H,1-7H3,(H-,33,34,35,36)/p-1. The number of hydrogen-bond acceptors (Lipinski definition) is 8. The molecule has 2 aliphatic heterocycles.